The van der Waals surface area contributed by atoms with Gasteiger partial charge in [-0.05, 0) is 76.1 Å². The van der Waals surface area contributed by atoms with E-state index in [0.29, 0.717) is 23.5 Å². The van der Waals surface area contributed by atoms with Crippen molar-refractivity contribution in [1.29, 1.82) is 0 Å². The number of nitrogens with zero attached hydrogens (tertiary/aromatic N) is 1. The fourth-order valence-corrected chi connectivity index (χ4v) is 6.01. The summed E-state index contributed by atoms with van der Waals surface area (Å²) in [5.74, 6) is -0.936. The molecule has 1 amide bonds. The lowest BCUT2D eigenvalue weighted by Gasteiger charge is -2.29. The van der Waals surface area contributed by atoms with Gasteiger partial charge < -0.3 is 15.0 Å². The van der Waals surface area contributed by atoms with Gasteiger partial charge in [-0.3, -0.25) is 9.52 Å². The van der Waals surface area contributed by atoms with E-state index in [4.69, 9.17) is 4.74 Å². The topological polar surface area (TPSA) is 53.6 Å². The third-order valence-corrected chi connectivity index (χ3v) is 8.39. The maximum absolute atomic E-state index is 15.0. The standard InChI is InChI=1S/C27H37F2N3O2S2/c1-32(2)16-13-20(19-35-21-11-7-6-8-12-21)30-25-23(28)17-22(18-24(25)29)36-31-26(33)27(34-3)14-9-4-5-10-15-27/h6-8,11-12,17-18,20,30H,4-5,9-10,13-16,19H2,1-3H3,(H,31,33). The summed E-state index contributed by atoms with van der Waals surface area (Å²) in [4.78, 5) is 16.4. The molecule has 5 nitrogen and oxygen atoms in total. The van der Waals surface area contributed by atoms with Crippen LogP contribution in [0.15, 0.2) is 52.3 Å². The molecule has 0 aliphatic heterocycles. The largest absolute Gasteiger partial charge is 0.377 e. The molecule has 2 N–H and O–H groups in total. The number of anilines is 1. The summed E-state index contributed by atoms with van der Waals surface area (Å²) in [5, 5.41) is 3.09. The summed E-state index contributed by atoms with van der Waals surface area (Å²) in [6.45, 7) is 0.789. The monoisotopic (exact) mass is 537 g/mol. The highest BCUT2D eigenvalue weighted by atomic mass is 32.2. The highest BCUT2D eigenvalue weighted by Gasteiger charge is 2.38. The van der Waals surface area contributed by atoms with Crippen molar-refractivity contribution in [3.8, 4) is 0 Å². The number of carbonyl (C=O) groups is 1. The average Bonchev–Trinajstić information content (AvgIpc) is 3.13. The molecule has 1 aliphatic carbocycles. The molecule has 0 radical (unpaired) electrons. The van der Waals surface area contributed by atoms with Crippen LogP contribution in [0.4, 0.5) is 14.5 Å². The molecule has 36 heavy (non-hydrogen) atoms. The number of hydrogen-bond acceptors (Lipinski definition) is 6. The molecular formula is C27H37F2N3O2S2. The minimum Gasteiger partial charge on any atom is -0.377 e. The molecule has 1 saturated carbocycles. The lowest BCUT2D eigenvalue weighted by molar-refractivity contribution is -0.143. The first kappa shape index (κ1) is 28.8. The number of halogens is 2. The van der Waals surface area contributed by atoms with Crippen molar-refractivity contribution in [3.63, 3.8) is 0 Å². The highest BCUT2D eigenvalue weighted by Crippen LogP contribution is 2.32. The van der Waals surface area contributed by atoms with Crippen LogP contribution in [0.1, 0.15) is 44.9 Å². The second-order valence-electron chi connectivity index (χ2n) is 9.47. The predicted octanol–water partition coefficient (Wildman–Crippen LogP) is 6.35. The van der Waals surface area contributed by atoms with E-state index in [0.717, 1.165) is 55.5 Å². The van der Waals surface area contributed by atoms with Crippen molar-refractivity contribution >= 4 is 35.3 Å². The average molecular weight is 538 g/mol. The zero-order chi connectivity index (χ0) is 26.0. The van der Waals surface area contributed by atoms with Gasteiger partial charge >= 0.3 is 0 Å². The number of methoxy groups -OCH3 is 1. The normalized spacial score (nSPS) is 16.4. The van der Waals surface area contributed by atoms with Gasteiger partial charge in [0.1, 0.15) is 22.9 Å². The zero-order valence-corrected chi connectivity index (χ0v) is 23.0. The maximum Gasteiger partial charge on any atom is 0.262 e. The Morgan fingerprint density at radius 3 is 2.28 bits per heavy atom. The molecule has 0 bridgehead atoms. The van der Waals surface area contributed by atoms with Gasteiger partial charge in [-0.15, -0.1) is 11.8 Å². The second kappa shape index (κ2) is 14.2. The Labute approximate surface area is 222 Å². The number of thioether (sulfide) groups is 1. The smallest absolute Gasteiger partial charge is 0.262 e. The third-order valence-electron chi connectivity index (χ3n) is 6.46. The fourth-order valence-electron chi connectivity index (χ4n) is 4.30. The Kier molecular flexibility index (Phi) is 11.4. The van der Waals surface area contributed by atoms with Gasteiger partial charge in [-0.25, -0.2) is 8.78 Å². The summed E-state index contributed by atoms with van der Waals surface area (Å²) in [6, 6.07) is 12.4. The van der Waals surface area contributed by atoms with Gasteiger partial charge in [0.25, 0.3) is 5.91 Å². The highest BCUT2D eigenvalue weighted by molar-refractivity contribution is 7.99. The van der Waals surface area contributed by atoms with E-state index in [9.17, 15) is 4.79 Å². The van der Waals surface area contributed by atoms with E-state index >= 15 is 8.78 Å². The lowest BCUT2D eigenvalue weighted by atomic mass is 9.93. The molecule has 0 saturated heterocycles. The molecule has 2 aromatic carbocycles. The molecule has 1 unspecified atom stereocenters. The van der Waals surface area contributed by atoms with Crippen LogP contribution in [0.25, 0.3) is 0 Å². The molecule has 1 fully saturated rings. The Morgan fingerprint density at radius 2 is 1.69 bits per heavy atom. The van der Waals surface area contributed by atoms with Gasteiger partial charge in [-0.1, -0.05) is 43.9 Å². The number of amides is 1. The second-order valence-corrected chi connectivity index (χ2v) is 11.4. The van der Waals surface area contributed by atoms with Crippen LogP contribution in [0.5, 0.6) is 0 Å². The van der Waals surface area contributed by atoms with Crippen LogP contribution in [0, 0.1) is 11.6 Å². The van der Waals surface area contributed by atoms with Crippen molar-refractivity contribution in [2.45, 2.75) is 66.4 Å². The van der Waals surface area contributed by atoms with Gasteiger partial charge in [-0.2, -0.15) is 0 Å². The van der Waals surface area contributed by atoms with Crippen LogP contribution in [-0.2, 0) is 9.53 Å². The zero-order valence-electron chi connectivity index (χ0n) is 21.3. The van der Waals surface area contributed by atoms with Crippen molar-refractivity contribution < 1.29 is 18.3 Å². The van der Waals surface area contributed by atoms with Gasteiger partial charge in [0.15, 0.2) is 0 Å². The molecule has 1 atom stereocenters. The third kappa shape index (κ3) is 8.36. The predicted molar refractivity (Wildman–Crippen MR) is 146 cm³/mol. The van der Waals surface area contributed by atoms with E-state index in [-0.39, 0.29) is 17.6 Å². The van der Waals surface area contributed by atoms with E-state index in [1.807, 2.05) is 44.4 Å². The molecule has 198 valence electrons. The maximum atomic E-state index is 15.0. The van der Waals surface area contributed by atoms with Gasteiger partial charge in [0.05, 0.1) is 0 Å². The summed E-state index contributed by atoms with van der Waals surface area (Å²) in [7, 11) is 5.51. The van der Waals surface area contributed by atoms with Gasteiger partial charge in [0, 0.05) is 28.7 Å². The lowest BCUT2D eigenvalue weighted by Crippen LogP contribution is -2.45. The first-order chi connectivity index (χ1) is 17.3. The summed E-state index contributed by atoms with van der Waals surface area (Å²) in [5.41, 5.74) is -1.02. The van der Waals surface area contributed by atoms with Crippen molar-refractivity contribution in [1.82, 2.24) is 9.62 Å². The molecular weight excluding hydrogens is 500 g/mol. The van der Waals surface area contributed by atoms with Crippen LogP contribution < -0.4 is 10.0 Å². The molecule has 0 aromatic heterocycles. The Morgan fingerprint density at radius 1 is 1.06 bits per heavy atom. The van der Waals surface area contributed by atoms with Crippen LogP contribution in [-0.4, -0.2) is 56.0 Å². The fraction of sp³-hybridized carbons (Fsp3) is 0.519. The number of hydrogen-bond donors (Lipinski definition) is 2. The molecule has 9 heteroatoms. The number of ether oxygens (including phenoxy) is 1. The minimum atomic E-state index is -0.877. The Hall–Kier alpha value is -1.81. The van der Waals surface area contributed by atoms with Crippen molar-refractivity contribution in [2.75, 3.05) is 38.8 Å². The molecule has 3 rings (SSSR count). The van der Waals surface area contributed by atoms with E-state index in [2.05, 4.69) is 14.9 Å². The number of nitrogens with one attached hydrogen (secondary N) is 2. The summed E-state index contributed by atoms with van der Waals surface area (Å²) < 4.78 is 38.5. The minimum absolute atomic E-state index is 0.128. The van der Waals surface area contributed by atoms with E-state index in [1.54, 1.807) is 18.9 Å². The van der Waals surface area contributed by atoms with Crippen LogP contribution in [0.2, 0.25) is 0 Å². The van der Waals surface area contributed by atoms with Crippen LogP contribution in [0.3, 0.4) is 0 Å². The van der Waals surface area contributed by atoms with E-state index < -0.39 is 17.2 Å². The number of rotatable bonds is 12. The summed E-state index contributed by atoms with van der Waals surface area (Å²) >= 11 is 2.58. The van der Waals surface area contributed by atoms with Crippen molar-refractivity contribution in [3.05, 3.63) is 54.1 Å². The van der Waals surface area contributed by atoms with Crippen molar-refractivity contribution in [2.24, 2.45) is 0 Å². The summed E-state index contributed by atoms with van der Waals surface area (Å²) in [6.07, 6.45) is 6.04. The number of carbonyl (C=O) groups excluding carboxylic acids is 1. The SMILES string of the molecule is COC1(C(=O)NSc2cc(F)c(NC(CCN(C)C)CSc3ccccc3)c(F)c2)CCCCCC1. The van der Waals surface area contributed by atoms with Gasteiger partial charge in [0.2, 0.25) is 0 Å². The first-order valence-corrected chi connectivity index (χ1v) is 14.2. The number of benzene rings is 2. The molecule has 0 heterocycles. The molecule has 1 aliphatic rings. The molecule has 2 aromatic rings. The first-order valence-electron chi connectivity index (χ1n) is 12.4. The van der Waals surface area contributed by atoms with Crippen LogP contribution >= 0.6 is 23.7 Å². The Balaban J connectivity index is 1.65. The van der Waals surface area contributed by atoms with E-state index in [1.165, 1.54) is 12.1 Å². The molecule has 0 spiro atoms. The quantitative estimate of drug-likeness (QED) is 0.187. The Bertz CT molecular complexity index is 948.